The third-order valence-electron chi connectivity index (χ3n) is 5.39. The van der Waals surface area contributed by atoms with Crippen molar-refractivity contribution in [2.24, 2.45) is 0 Å². The number of nitrogens with one attached hydrogen (secondary N) is 3. The molecule has 2 aromatic heterocycles. The summed E-state index contributed by atoms with van der Waals surface area (Å²) < 4.78 is 40.6. The maximum absolute atomic E-state index is 14.5. The van der Waals surface area contributed by atoms with Gasteiger partial charge in [0, 0.05) is 29.7 Å². The zero-order valence-corrected chi connectivity index (χ0v) is 16.4. The number of hydrogen-bond acceptors (Lipinski definition) is 4. The van der Waals surface area contributed by atoms with Crippen LogP contribution in [0.4, 0.5) is 13.2 Å². The minimum absolute atomic E-state index is 0.0618. The SMILES string of the molecule is C[C@@H](NC(O)c1nc(C2=CCNCC2)cc2cc[nH]c12)c1cccc(C(F)F)c1F. The van der Waals surface area contributed by atoms with Gasteiger partial charge in [-0.25, -0.2) is 18.2 Å². The number of hydrogen-bond donors (Lipinski definition) is 4. The number of aromatic nitrogens is 2. The number of alkyl halides is 2. The van der Waals surface area contributed by atoms with E-state index in [0.29, 0.717) is 11.2 Å². The zero-order valence-electron chi connectivity index (χ0n) is 16.4. The molecule has 30 heavy (non-hydrogen) atoms. The fourth-order valence-electron chi connectivity index (χ4n) is 3.78. The van der Waals surface area contributed by atoms with Crippen LogP contribution in [0.15, 0.2) is 42.6 Å². The molecule has 1 aliphatic rings. The van der Waals surface area contributed by atoms with Gasteiger partial charge in [0.05, 0.1) is 16.8 Å². The van der Waals surface area contributed by atoms with Gasteiger partial charge in [0.1, 0.15) is 11.5 Å². The van der Waals surface area contributed by atoms with E-state index >= 15 is 0 Å². The standard InChI is InChI=1S/C22H23F3N4O/c1-12(15-3-2-4-16(18(15)23)21(24)25)28-22(30)20-19-14(7-10-27-19)11-17(29-20)13-5-8-26-9-6-13/h2-5,7,10-12,21-22,26-28,30H,6,8-9H2,1H3/t12-,22?/m1/s1. The number of H-pyrrole nitrogens is 1. The Kier molecular flexibility index (Phi) is 5.90. The maximum Gasteiger partial charge on any atom is 0.266 e. The lowest BCUT2D eigenvalue weighted by Gasteiger charge is -2.22. The van der Waals surface area contributed by atoms with Crippen LogP contribution in [0.1, 0.15) is 54.6 Å². The molecule has 0 fully saturated rings. The molecule has 1 unspecified atom stereocenters. The molecule has 0 saturated carbocycles. The van der Waals surface area contributed by atoms with Crippen molar-refractivity contribution in [1.82, 2.24) is 20.6 Å². The molecule has 3 aromatic rings. The van der Waals surface area contributed by atoms with E-state index in [0.717, 1.165) is 42.2 Å². The first kappa shape index (κ1) is 20.6. The fourth-order valence-corrected chi connectivity index (χ4v) is 3.78. The van der Waals surface area contributed by atoms with Crippen LogP contribution in [-0.2, 0) is 0 Å². The Morgan fingerprint density at radius 1 is 1.20 bits per heavy atom. The highest BCUT2D eigenvalue weighted by molar-refractivity contribution is 5.85. The van der Waals surface area contributed by atoms with E-state index in [2.05, 4.69) is 26.7 Å². The van der Waals surface area contributed by atoms with Crippen molar-refractivity contribution in [2.75, 3.05) is 13.1 Å². The average molecular weight is 416 g/mol. The smallest absolute Gasteiger partial charge is 0.266 e. The number of pyridine rings is 1. The number of halogens is 3. The lowest BCUT2D eigenvalue weighted by molar-refractivity contribution is 0.121. The molecule has 0 bridgehead atoms. The zero-order chi connectivity index (χ0) is 21.3. The molecule has 4 N–H and O–H groups in total. The van der Waals surface area contributed by atoms with Gasteiger partial charge < -0.3 is 15.4 Å². The predicted octanol–water partition coefficient (Wildman–Crippen LogP) is 4.36. The number of aliphatic hydroxyl groups is 1. The Morgan fingerprint density at radius 2 is 2.00 bits per heavy atom. The number of nitrogens with zero attached hydrogens (tertiary/aromatic N) is 1. The lowest BCUT2D eigenvalue weighted by atomic mass is 10.0. The van der Waals surface area contributed by atoms with Gasteiger partial charge in [0.25, 0.3) is 6.43 Å². The molecule has 3 heterocycles. The first-order valence-electron chi connectivity index (χ1n) is 9.84. The third-order valence-corrected chi connectivity index (χ3v) is 5.39. The highest BCUT2D eigenvalue weighted by atomic mass is 19.3. The van der Waals surface area contributed by atoms with Crippen molar-refractivity contribution < 1.29 is 18.3 Å². The van der Waals surface area contributed by atoms with Crippen molar-refractivity contribution in [2.45, 2.75) is 32.0 Å². The second-order valence-electron chi connectivity index (χ2n) is 7.36. The molecule has 158 valence electrons. The Balaban J connectivity index is 1.65. The van der Waals surface area contributed by atoms with E-state index in [1.54, 1.807) is 13.1 Å². The summed E-state index contributed by atoms with van der Waals surface area (Å²) in [7, 11) is 0. The van der Waals surface area contributed by atoms with E-state index in [9.17, 15) is 18.3 Å². The van der Waals surface area contributed by atoms with Crippen LogP contribution in [0.3, 0.4) is 0 Å². The van der Waals surface area contributed by atoms with Crippen LogP contribution in [0.2, 0.25) is 0 Å². The largest absolute Gasteiger partial charge is 0.373 e. The molecular weight excluding hydrogens is 393 g/mol. The highest BCUT2D eigenvalue weighted by Crippen LogP contribution is 2.30. The minimum Gasteiger partial charge on any atom is -0.373 e. The van der Waals surface area contributed by atoms with Crippen molar-refractivity contribution in [3.63, 3.8) is 0 Å². The molecular formula is C22H23F3N4O. The fraction of sp³-hybridized carbons (Fsp3) is 0.318. The molecule has 0 spiro atoms. The van der Waals surface area contributed by atoms with Crippen LogP contribution in [0.25, 0.3) is 16.5 Å². The number of aliphatic hydroxyl groups excluding tert-OH is 1. The van der Waals surface area contributed by atoms with Gasteiger partial charge in [-0.05, 0) is 37.6 Å². The van der Waals surface area contributed by atoms with Crippen LogP contribution >= 0.6 is 0 Å². The van der Waals surface area contributed by atoms with E-state index in [1.807, 2.05) is 12.1 Å². The predicted molar refractivity (Wildman–Crippen MR) is 109 cm³/mol. The van der Waals surface area contributed by atoms with Gasteiger partial charge in [-0.2, -0.15) is 0 Å². The summed E-state index contributed by atoms with van der Waals surface area (Å²) in [6.07, 6.45) is 0.531. The summed E-state index contributed by atoms with van der Waals surface area (Å²) in [4.78, 5) is 7.74. The van der Waals surface area contributed by atoms with E-state index < -0.39 is 30.1 Å². The highest BCUT2D eigenvalue weighted by Gasteiger charge is 2.23. The second-order valence-corrected chi connectivity index (χ2v) is 7.36. The van der Waals surface area contributed by atoms with Gasteiger partial charge in [0.15, 0.2) is 6.23 Å². The van der Waals surface area contributed by atoms with Crippen LogP contribution in [0.5, 0.6) is 0 Å². The average Bonchev–Trinajstić information content (AvgIpc) is 3.22. The quantitative estimate of drug-likeness (QED) is 0.451. The van der Waals surface area contributed by atoms with Crippen molar-refractivity contribution in [1.29, 1.82) is 0 Å². The maximum atomic E-state index is 14.5. The van der Waals surface area contributed by atoms with E-state index in [1.165, 1.54) is 12.1 Å². The number of benzene rings is 1. The van der Waals surface area contributed by atoms with Gasteiger partial charge in [-0.3, -0.25) is 5.32 Å². The number of rotatable bonds is 6. The van der Waals surface area contributed by atoms with E-state index in [4.69, 9.17) is 0 Å². The monoisotopic (exact) mass is 416 g/mol. The molecule has 0 saturated heterocycles. The van der Waals surface area contributed by atoms with Crippen molar-refractivity contribution in [3.05, 3.63) is 70.9 Å². The number of aromatic amines is 1. The first-order valence-corrected chi connectivity index (χ1v) is 9.84. The Morgan fingerprint density at radius 3 is 2.73 bits per heavy atom. The Hall–Kier alpha value is -2.68. The van der Waals surface area contributed by atoms with Gasteiger partial charge in [0.2, 0.25) is 0 Å². The van der Waals surface area contributed by atoms with Crippen LogP contribution < -0.4 is 10.6 Å². The topological polar surface area (TPSA) is 73.0 Å². The molecule has 1 aliphatic heterocycles. The van der Waals surface area contributed by atoms with E-state index in [-0.39, 0.29) is 5.56 Å². The first-order chi connectivity index (χ1) is 14.5. The normalized spacial score (nSPS) is 16.7. The van der Waals surface area contributed by atoms with Gasteiger partial charge >= 0.3 is 0 Å². The van der Waals surface area contributed by atoms with Gasteiger partial charge in [-0.1, -0.05) is 24.3 Å². The van der Waals surface area contributed by atoms with Crippen molar-refractivity contribution in [3.8, 4) is 0 Å². The van der Waals surface area contributed by atoms with Crippen LogP contribution in [0, 0.1) is 5.82 Å². The summed E-state index contributed by atoms with van der Waals surface area (Å²) in [5, 5.41) is 17.9. The summed E-state index contributed by atoms with van der Waals surface area (Å²) in [5.41, 5.74) is 2.32. The van der Waals surface area contributed by atoms with Crippen molar-refractivity contribution >= 4 is 16.5 Å². The lowest BCUT2D eigenvalue weighted by Crippen LogP contribution is -2.27. The second kappa shape index (κ2) is 8.59. The molecule has 1 aromatic carbocycles. The number of fused-ring (bicyclic) bond motifs is 1. The molecule has 0 aliphatic carbocycles. The molecule has 8 heteroatoms. The Bertz CT molecular complexity index is 1080. The molecule has 0 amide bonds. The summed E-state index contributed by atoms with van der Waals surface area (Å²) in [6.45, 7) is 3.22. The third kappa shape index (κ3) is 3.98. The Labute approximate surface area is 172 Å². The minimum atomic E-state index is -2.91. The molecule has 0 radical (unpaired) electrons. The van der Waals surface area contributed by atoms with Gasteiger partial charge in [-0.15, -0.1) is 0 Å². The summed E-state index contributed by atoms with van der Waals surface area (Å²) in [6, 6.07) is 7.03. The molecule has 2 atom stereocenters. The van der Waals surface area contributed by atoms with Crippen LogP contribution in [-0.4, -0.2) is 28.2 Å². The molecule has 5 nitrogen and oxygen atoms in total. The summed E-state index contributed by atoms with van der Waals surface area (Å²) >= 11 is 0. The molecule has 4 rings (SSSR count). The summed E-state index contributed by atoms with van der Waals surface area (Å²) in [5.74, 6) is -0.966.